The number of nitrogens with two attached hydrogens (primary N) is 1. The molecule has 126 valence electrons. The molecule has 6 heteroatoms. The molecule has 0 spiro atoms. The molecule has 0 bridgehead atoms. The third kappa shape index (κ3) is 4.33. The van der Waals surface area contributed by atoms with Crippen molar-refractivity contribution >= 4 is 0 Å². The van der Waals surface area contributed by atoms with Gasteiger partial charge in [-0.3, -0.25) is 4.90 Å². The van der Waals surface area contributed by atoms with Crippen LogP contribution in [-0.4, -0.2) is 48.5 Å². The standard InChI is InChI=1S/C16H25F3N2O/c1-12(16(17,18)19)4-2-3-6-15-8-13(15)9-21(11-15)10-14(22)5-7-20/h2-4,13-14,22H,5-11,20H2,1H3/b3-2-,12-4+. The summed E-state index contributed by atoms with van der Waals surface area (Å²) in [5.74, 6) is 0.620. The SMILES string of the molecule is C/C(=C\C=C/CC12CC1CN(CC(O)CCN)C2)C(F)(F)F. The van der Waals surface area contributed by atoms with Crippen LogP contribution in [0.3, 0.4) is 0 Å². The second-order valence-electron chi connectivity index (χ2n) is 6.67. The predicted molar refractivity (Wildman–Crippen MR) is 80.2 cm³/mol. The average molecular weight is 318 g/mol. The van der Waals surface area contributed by atoms with Crippen LogP contribution < -0.4 is 5.73 Å². The lowest BCUT2D eigenvalue weighted by Gasteiger charge is -2.22. The Morgan fingerprint density at radius 1 is 1.50 bits per heavy atom. The lowest BCUT2D eigenvalue weighted by Crippen LogP contribution is -2.34. The Kier molecular flexibility index (Phi) is 5.35. The normalized spacial score (nSPS) is 30.8. The van der Waals surface area contributed by atoms with Crippen molar-refractivity contribution in [3.8, 4) is 0 Å². The highest BCUT2D eigenvalue weighted by atomic mass is 19.4. The van der Waals surface area contributed by atoms with Gasteiger partial charge in [-0.05, 0) is 44.1 Å². The van der Waals surface area contributed by atoms with E-state index in [0.29, 0.717) is 25.4 Å². The van der Waals surface area contributed by atoms with Crippen LogP contribution in [-0.2, 0) is 0 Å². The molecule has 3 nitrogen and oxygen atoms in total. The van der Waals surface area contributed by atoms with Crippen LogP contribution in [0.15, 0.2) is 23.8 Å². The van der Waals surface area contributed by atoms with E-state index >= 15 is 0 Å². The van der Waals surface area contributed by atoms with Gasteiger partial charge in [0.15, 0.2) is 0 Å². The fourth-order valence-corrected chi connectivity index (χ4v) is 3.35. The van der Waals surface area contributed by atoms with Crippen molar-refractivity contribution < 1.29 is 18.3 Å². The van der Waals surface area contributed by atoms with E-state index in [4.69, 9.17) is 5.73 Å². The molecule has 3 N–H and O–H groups in total. The highest BCUT2D eigenvalue weighted by Crippen LogP contribution is 2.60. The zero-order valence-corrected chi connectivity index (χ0v) is 12.9. The van der Waals surface area contributed by atoms with E-state index in [1.807, 2.05) is 6.08 Å². The monoisotopic (exact) mass is 318 g/mol. The Bertz CT molecular complexity index is 447. The average Bonchev–Trinajstić information content (AvgIpc) is 2.95. The summed E-state index contributed by atoms with van der Waals surface area (Å²) in [5, 5.41) is 9.80. The number of hydrogen-bond donors (Lipinski definition) is 2. The van der Waals surface area contributed by atoms with E-state index < -0.39 is 11.7 Å². The number of hydrogen-bond acceptors (Lipinski definition) is 3. The molecule has 2 fully saturated rings. The maximum absolute atomic E-state index is 12.4. The molecule has 22 heavy (non-hydrogen) atoms. The Balaban J connectivity index is 1.78. The molecule has 1 aliphatic heterocycles. The fourth-order valence-electron chi connectivity index (χ4n) is 3.35. The van der Waals surface area contributed by atoms with E-state index in [1.54, 1.807) is 0 Å². The third-order valence-electron chi connectivity index (χ3n) is 4.80. The largest absolute Gasteiger partial charge is 0.412 e. The minimum atomic E-state index is -4.24. The first-order chi connectivity index (χ1) is 10.3. The molecule has 0 aromatic rings. The maximum Gasteiger partial charge on any atom is 0.412 e. The number of fused-ring (bicyclic) bond motifs is 1. The van der Waals surface area contributed by atoms with E-state index in [2.05, 4.69) is 4.90 Å². The first kappa shape index (κ1) is 17.5. The summed E-state index contributed by atoms with van der Waals surface area (Å²) in [6.07, 6.45) is 2.42. The molecule has 0 aromatic heterocycles. The number of rotatable bonds is 7. The van der Waals surface area contributed by atoms with Gasteiger partial charge in [-0.1, -0.05) is 18.2 Å². The van der Waals surface area contributed by atoms with E-state index in [0.717, 1.165) is 38.9 Å². The maximum atomic E-state index is 12.4. The van der Waals surface area contributed by atoms with Crippen LogP contribution in [0.1, 0.15) is 26.2 Å². The molecule has 2 rings (SSSR count). The van der Waals surface area contributed by atoms with Crippen LogP contribution in [0.2, 0.25) is 0 Å². The van der Waals surface area contributed by atoms with E-state index in [1.165, 1.54) is 6.08 Å². The van der Waals surface area contributed by atoms with Crippen LogP contribution in [0.4, 0.5) is 13.2 Å². The number of aliphatic hydroxyl groups excluding tert-OH is 1. The van der Waals surface area contributed by atoms with Crippen molar-refractivity contribution in [1.29, 1.82) is 0 Å². The van der Waals surface area contributed by atoms with Crippen LogP contribution >= 0.6 is 0 Å². The number of allylic oxidation sites excluding steroid dienone is 4. The van der Waals surface area contributed by atoms with E-state index in [9.17, 15) is 18.3 Å². The zero-order valence-electron chi connectivity index (χ0n) is 12.9. The first-order valence-electron chi connectivity index (χ1n) is 7.78. The van der Waals surface area contributed by atoms with E-state index in [-0.39, 0.29) is 11.5 Å². The van der Waals surface area contributed by atoms with Crippen LogP contribution in [0, 0.1) is 11.3 Å². The van der Waals surface area contributed by atoms with Gasteiger partial charge in [0.05, 0.1) is 6.10 Å². The molecule has 1 saturated heterocycles. The summed E-state index contributed by atoms with van der Waals surface area (Å²) in [5.41, 5.74) is 5.07. The second-order valence-corrected chi connectivity index (χ2v) is 6.67. The summed E-state index contributed by atoms with van der Waals surface area (Å²) in [7, 11) is 0. The van der Waals surface area contributed by atoms with Crippen LogP contribution in [0.5, 0.6) is 0 Å². The van der Waals surface area contributed by atoms with Gasteiger partial charge in [-0.15, -0.1) is 0 Å². The molecule has 1 aliphatic carbocycles. The molecule has 2 aliphatic rings. The number of halogens is 3. The van der Waals surface area contributed by atoms with Gasteiger partial charge in [0.1, 0.15) is 0 Å². The highest BCUT2D eigenvalue weighted by Gasteiger charge is 2.58. The first-order valence-corrected chi connectivity index (χ1v) is 7.78. The van der Waals surface area contributed by atoms with Crippen molar-refractivity contribution in [1.82, 2.24) is 4.90 Å². The minimum Gasteiger partial charge on any atom is -0.392 e. The topological polar surface area (TPSA) is 49.5 Å². The van der Waals surface area contributed by atoms with Gasteiger partial charge in [0, 0.05) is 25.2 Å². The Morgan fingerprint density at radius 2 is 2.23 bits per heavy atom. The molecule has 0 radical (unpaired) electrons. The van der Waals surface area contributed by atoms with Gasteiger partial charge in [-0.2, -0.15) is 13.2 Å². The van der Waals surface area contributed by atoms with Crippen molar-refractivity contribution in [2.45, 2.75) is 38.5 Å². The summed E-state index contributed by atoms with van der Waals surface area (Å²) in [6.45, 7) is 4.11. The number of likely N-dealkylation sites (tertiary alicyclic amines) is 1. The Morgan fingerprint density at radius 3 is 2.86 bits per heavy atom. The van der Waals surface area contributed by atoms with Crippen LogP contribution in [0.25, 0.3) is 0 Å². The number of aliphatic hydroxyl groups is 1. The van der Waals surface area contributed by atoms with Crippen molar-refractivity contribution in [2.24, 2.45) is 17.1 Å². The second kappa shape index (κ2) is 6.72. The predicted octanol–water partition coefficient (Wildman–Crippen LogP) is 2.47. The molecular formula is C16H25F3N2O. The molecule has 0 amide bonds. The minimum absolute atomic E-state index is 0.221. The van der Waals surface area contributed by atoms with Gasteiger partial charge in [0.2, 0.25) is 0 Å². The molecule has 0 aromatic carbocycles. The van der Waals surface area contributed by atoms with Gasteiger partial charge >= 0.3 is 6.18 Å². The molecular weight excluding hydrogens is 293 g/mol. The molecule has 1 saturated carbocycles. The molecule has 3 atom stereocenters. The summed E-state index contributed by atoms with van der Waals surface area (Å²) >= 11 is 0. The summed E-state index contributed by atoms with van der Waals surface area (Å²) in [6, 6.07) is 0. The quantitative estimate of drug-likeness (QED) is 0.709. The number of piperidine rings is 1. The summed E-state index contributed by atoms with van der Waals surface area (Å²) in [4.78, 5) is 2.25. The van der Waals surface area contributed by atoms with Gasteiger partial charge < -0.3 is 10.8 Å². The zero-order chi connectivity index (χ0) is 16.4. The number of β-amino-alcohol motifs (C(OH)–C–C–N with tert-alkyl or cyclic N) is 1. The lowest BCUT2D eigenvalue weighted by atomic mass is 10.0. The number of alkyl halides is 3. The fraction of sp³-hybridized carbons (Fsp3) is 0.750. The molecule has 1 heterocycles. The van der Waals surface area contributed by atoms with Crippen molar-refractivity contribution in [2.75, 3.05) is 26.2 Å². The summed E-state index contributed by atoms with van der Waals surface area (Å²) < 4.78 is 37.1. The van der Waals surface area contributed by atoms with Gasteiger partial charge in [0.25, 0.3) is 0 Å². The number of nitrogens with zero attached hydrogens (tertiary/aromatic N) is 1. The lowest BCUT2D eigenvalue weighted by molar-refractivity contribution is -0.0912. The Labute approximate surface area is 129 Å². The van der Waals surface area contributed by atoms with Gasteiger partial charge in [-0.25, -0.2) is 0 Å². The highest BCUT2D eigenvalue weighted by molar-refractivity contribution is 5.18. The smallest absolute Gasteiger partial charge is 0.392 e. The van der Waals surface area contributed by atoms with Crippen molar-refractivity contribution in [3.05, 3.63) is 23.8 Å². The molecule has 3 unspecified atom stereocenters. The third-order valence-corrected chi connectivity index (χ3v) is 4.80. The Hall–Kier alpha value is -0.850. The van der Waals surface area contributed by atoms with Crippen molar-refractivity contribution in [3.63, 3.8) is 0 Å².